The van der Waals surface area contributed by atoms with Crippen LogP contribution in [0.4, 0.5) is 11.5 Å². The molecule has 2 aromatic heterocycles. The molecule has 0 saturated heterocycles. The van der Waals surface area contributed by atoms with Crippen molar-refractivity contribution in [1.29, 1.82) is 0 Å². The number of fused-ring (bicyclic) bond motifs is 1. The van der Waals surface area contributed by atoms with E-state index in [2.05, 4.69) is 41.1 Å². The summed E-state index contributed by atoms with van der Waals surface area (Å²) in [5.41, 5.74) is 13.1. The van der Waals surface area contributed by atoms with Crippen LogP contribution in [0.25, 0.3) is 17.1 Å². The van der Waals surface area contributed by atoms with Gasteiger partial charge in [-0.05, 0) is 61.3 Å². The van der Waals surface area contributed by atoms with Gasteiger partial charge in [0.25, 0.3) is 5.91 Å². The SMILES string of the molecule is Cc1cc(-c2cnc(N)c(-n3cc(C(=O)N(C)c4ccccc4)cn3)n2)cc2c1CCN(C)C2. The van der Waals surface area contributed by atoms with Crippen molar-refractivity contribution in [2.75, 3.05) is 31.3 Å². The first kappa shape index (κ1) is 21.8. The Balaban J connectivity index is 1.47. The Bertz CT molecular complexity index is 1360. The minimum Gasteiger partial charge on any atom is -0.381 e. The van der Waals surface area contributed by atoms with E-state index < -0.39 is 0 Å². The lowest BCUT2D eigenvalue weighted by Gasteiger charge is -2.27. The normalized spacial score (nSPS) is 13.5. The van der Waals surface area contributed by atoms with Crippen molar-refractivity contribution in [2.24, 2.45) is 0 Å². The lowest BCUT2D eigenvalue weighted by Crippen LogP contribution is -2.27. The molecule has 0 unspecified atom stereocenters. The van der Waals surface area contributed by atoms with Gasteiger partial charge in [0.1, 0.15) is 0 Å². The van der Waals surface area contributed by atoms with Gasteiger partial charge >= 0.3 is 0 Å². The second-order valence-corrected chi connectivity index (χ2v) is 8.76. The summed E-state index contributed by atoms with van der Waals surface area (Å²) in [5.74, 6) is 0.470. The third-order valence-corrected chi connectivity index (χ3v) is 6.32. The molecular formula is C26H27N7O. The number of carbonyl (C=O) groups is 1. The molecule has 0 atom stereocenters. The van der Waals surface area contributed by atoms with Crippen LogP contribution < -0.4 is 10.6 Å². The molecule has 8 heteroatoms. The minimum absolute atomic E-state index is 0.172. The first-order valence-electron chi connectivity index (χ1n) is 11.2. The molecule has 4 aromatic rings. The van der Waals surface area contributed by atoms with Gasteiger partial charge in [0.2, 0.25) is 0 Å². The number of likely N-dealkylation sites (N-methyl/N-ethyl adjacent to an activating group) is 1. The van der Waals surface area contributed by atoms with Gasteiger partial charge < -0.3 is 15.5 Å². The second kappa shape index (κ2) is 8.72. The first-order valence-corrected chi connectivity index (χ1v) is 11.2. The van der Waals surface area contributed by atoms with Gasteiger partial charge in [-0.2, -0.15) is 5.10 Å². The number of anilines is 2. The number of para-hydroxylation sites is 1. The number of amides is 1. The quantitative estimate of drug-likeness (QED) is 0.509. The summed E-state index contributed by atoms with van der Waals surface area (Å²) < 4.78 is 1.51. The molecule has 0 radical (unpaired) electrons. The van der Waals surface area contributed by atoms with Crippen molar-refractivity contribution in [3.8, 4) is 17.1 Å². The number of hydrogen-bond donors (Lipinski definition) is 1. The highest BCUT2D eigenvalue weighted by atomic mass is 16.2. The van der Waals surface area contributed by atoms with Crippen LogP contribution in [0.5, 0.6) is 0 Å². The fraction of sp³-hybridized carbons (Fsp3) is 0.231. The van der Waals surface area contributed by atoms with Gasteiger partial charge in [0.05, 0.1) is 23.7 Å². The molecule has 0 saturated carbocycles. The number of rotatable bonds is 4. The van der Waals surface area contributed by atoms with Crippen molar-refractivity contribution in [3.05, 3.63) is 83.3 Å². The Hall–Kier alpha value is -4.04. The molecule has 0 aliphatic carbocycles. The number of nitrogens with zero attached hydrogens (tertiary/aromatic N) is 6. The summed E-state index contributed by atoms with van der Waals surface area (Å²) in [5, 5.41) is 4.36. The highest BCUT2D eigenvalue weighted by Gasteiger charge is 2.19. The Kier molecular flexibility index (Phi) is 5.59. The molecule has 5 rings (SSSR count). The van der Waals surface area contributed by atoms with Crippen LogP contribution in [0.3, 0.4) is 0 Å². The zero-order valence-corrected chi connectivity index (χ0v) is 19.6. The summed E-state index contributed by atoms with van der Waals surface area (Å²) in [7, 11) is 3.87. The average molecular weight is 454 g/mol. The number of carbonyl (C=O) groups excluding carboxylic acids is 1. The van der Waals surface area contributed by atoms with Crippen LogP contribution in [-0.2, 0) is 13.0 Å². The highest BCUT2D eigenvalue weighted by Crippen LogP contribution is 2.29. The fourth-order valence-corrected chi connectivity index (χ4v) is 4.42. The maximum absolute atomic E-state index is 13.0. The van der Waals surface area contributed by atoms with E-state index in [9.17, 15) is 4.79 Å². The van der Waals surface area contributed by atoms with E-state index in [1.54, 1.807) is 24.3 Å². The zero-order chi connectivity index (χ0) is 23.8. The van der Waals surface area contributed by atoms with Gasteiger partial charge in [-0.15, -0.1) is 0 Å². The Labute approximate surface area is 198 Å². The molecule has 0 bridgehead atoms. The first-order chi connectivity index (χ1) is 16.4. The van der Waals surface area contributed by atoms with E-state index in [1.807, 2.05) is 30.3 Å². The van der Waals surface area contributed by atoms with E-state index in [-0.39, 0.29) is 11.7 Å². The van der Waals surface area contributed by atoms with Crippen LogP contribution in [0.2, 0.25) is 0 Å². The van der Waals surface area contributed by atoms with Crippen molar-refractivity contribution >= 4 is 17.4 Å². The number of hydrogen-bond acceptors (Lipinski definition) is 6. The molecule has 1 aliphatic heterocycles. The molecular weight excluding hydrogens is 426 g/mol. The minimum atomic E-state index is -0.172. The van der Waals surface area contributed by atoms with E-state index in [4.69, 9.17) is 10.7 Å². The van der Waals surface area contributed by atoms with Gasteiger partial charge in [-0.25, -0.2) is 14.6 Å². The Morgan fingerprint density at radius 1 is 1.15 bits per heavy atom. The van der Waals surface area contributed by atoms with E-state index in [0.29, 0.717) is 17.1 Å². The van der Waals surface area contributed by atoms with Crippen LogP contribution >= 0.6 is 0 Å². The van der Waals surface area contributed by atoms with Crippen molar-refractivity contribution in [3.63, 3.8) is 0 Å². The van der Waals surface area contributed by atoms with E-state index >= 15 is 0 Å². The molecule has 1 aliphatic rings. The largest absolute Gasteiger partial charge is 0.381 e. The fourth-order valence-electron chi connectivity index (χ4n) is 4.42. The number of nitrogen functional groups attached to an aromatic ring is 1. The maximum atomic E-state index is 13.0. The summed E-state index contributed by atoms with van der Waals surface area (Å²) in [6.45, 7) is 4.13. The second-order valence-electron chi connectivity index (χ2n) is 8.76. The molecule has 3 heterocycles. The Morgan fingerprint density at radius 2 is 1.94 bits per heavy atom. The molecule has 2 aromatic carbocycles. The average Bonchev–Trinajstić information content (AvgIpc) is 3.33. The van der Waals surface area contributed by atoms with Gasteiger partial charge in [0, 0.05) is 37.6 Å². The van der Waals surface area contributed by atoms with Crippen LogP contribution in [0.15, 0.2) is 61.1 Å². The van der Waals surface area contributed by atoms with Crippen molar-refractivity contribution in [2.45, 2.75) is 19.9 Å². The summed E-state index contributed by atoms with van der Waals surface area (Å²) in [6, 6.07) is 13.8. The van der Waals surface area contributed by atoms with Crippen molar-refractivity contribution in [1.82, 2.24) is 24.6 Å². The lowest BCUT2D eigenvalue weighted by atomic mass is 9.92. The third-order valence-electron chi connectivity index (χ3n) is 6.32. The zero-order valence-electron chi connectivity index (χ0n) is 19.6. The highest BCUT2D eigenvalue weighted by molar-refractivity contribution is 6.05. The summed E-state index contributed by atoms with van der Waals surface area (Å²) >= 11 is 0. The van der Waals surface area contributed by atoms with Crippen LogP contribution in [-0.4, -0.2) is 51.2 Å². The predicted molar refractivity (Wildman–Crippen MR) is 133 cm³/mol. The van der Waals surface area contributed by atoms with Gasteiger partial charge in [-0.3, -0.25) is 4.79 Å². The number of nitrogens with two attached hydrogens (primary N) is 1. The smallest absolute Gasteiger partial charge is 0.261 e. The molecule has 8 nitrogen and oxygen atoms in total. The van der Waals surface area contributed by atoms with Gasteiger partial charge in [0.15, 0.2) is 11.6 Å². The lowest BCUT2D eigenvalue weighted by molar-refractivity contribution is 0.0993. The van der Waals surface area contributed by atoms with E-state index in [0.717, 1.165) is 30.8 Å². The standard InChI is InChI=1S/C26H27N7O/c1-17-11-18(12-19-15-31(2)10-9-22(17)19)23-14-28-24(27)25(30-23)33-16-20(13-29-33)26(34)32(3)21-7-5-4-6-8-21/h4-8,11-14,16H,9-10,15H2,1-3H3,(H2,27,28). The molecule has 34 heavy (non-hydrogen) atoms. The van der Waals surface area contributed by atoms with Crippen LogP contribution in [0.1, 0.15) is 27.0 Å². The molecule has 2 N–H and O–H groups in total. The van der Waals surface area contributed by atoms with E-state index in [1.165, 1.54) is 27.6 Å². The monoisotopic (exact) mass is 453 g/mol. The maximum Gasteiger partial charge on any atom is 0.261 e. The molecule has 172 valence electrons. The third kappa shape index (κ3) is 4.04. The molecule has 0 fully saturated rings. The summed E-state index contributed by atoms with van der Waals surface area (Å²) in [6.07, 6.45) is 5.90. The number of aromatic nitrogens is 4. The summed E-state index contributed by atoms with van der Waals surface area (Å²) in [4.78, 5) is 26.0. The van der Waals surface area contributed by atoms with Crippen LogP contribution in [0, 0.1) is 6.92 Å². The number of aryl methyl sites for hydroxylation is 1. The topological polar surface area (TPSA) is 93.2 Å². The number of benzene rings is 2. The van der Waals surface area contributed by atoms with Crippen molar-refractivity contribution < 1.29 is 4.79 Å². The molecule has 1 amide bonds. The van der Waals surface area contributed by atoms with Gasteiger partial charge in [-0.1, -0.05) is 18.2 Å². The predicted octanol–water partition coefficient (Wildman–Crippen LogP) is 3.48. The Morgan fingerprint density at radius 3 is 2.74 bits per heavy atom. The molecule has 0 spiro atoms.